The van der Waals surface area contributed by atoms with Crippen molar-refractivity contribution in [3.8, 4) is 0 Å². The summed E-state index contributed by atoms with van der Waals surface area (Å²) >= 11 is 0. The molecule has 0 saturated heterocycles. The van der Waals surface area contributed by atoms with Gasteiger partial charge in [-0.25, -0.2) is 0 Å². The van der Waals surface area contributed by atoms with Gasteiger partial charge in [-0.05, 0) is 26.8 Å². The predicted octanol–water partition coefficient (Wildman–Crippen LogP) is 2.19. The zero-order valence-corrected chi connectivity index (χ0v) is 8.94. The Bertz CT molecular complexity index is 102. The fourth-order valence-electron chi connectivity index (χ4n) is 1.21. The zero-order chi connectivity index (χ0) is 9.45. The van der Waals surface area contributed by atoms with Crippen molar-refractivity contribution < 1.29 is 4.74 Å². The number of hydrogen-bond acceptors (Lipinski definition) is 2. The summed E-state index contributed by atoms with van der Waals surface area (Å²) in [6, 6.07) is 0. The van der Waals surface area contributed by atoms with E-state index < -0.39 is 0 Å². The van der Waals surface area contributed by atoms with Gasteiger partial charge in [-0.1, -0.05) is 19.8 Å². The predicted molar refractivity (Wildman–Crippen MR) is 53.5 cm³/mol. The van der Waals surface area contributed by atoms with Crippen LogP contribution in [-0.4, -0.2) is 25.8 Å². The summed E-state index contributed by atoms with van der Waals surface area (Å²) in [4.78, 5) is 0. The second-order valence-corrected chi connectivity index (χ2v) is 3.95. The second kappa shape index (κ2) is 6.44. The molecule has 0 aromatic carbocycles. The summed E-state index contributed by atoms with van der Waals surface area (Å²) in [5.74, 6) is 0. The van der Waals surface area contributed by atoms with Crippen LogP contribution in [0, 0.1) is 0 Å². The molecule has 0 aliphatic carbocycles. The topological polar surface area (TPSA) is 21.3 Å². The van der Waals surface area contributed by atoms with Crippen molar-refractivity contribution in [2.75, 3.05) is 20.3 Å². The van der Waals surface area contributed by atoms with Crippen LogP contribution in [0.5, 0.6) is 0 Å². The number of nitrogens with one attached hydrogen (secondary N) is 1. The monoisotopic (exact) mass is 173 g/mol. The highest BCUT2D eigenvalue weighted by Crippen LogP contribution is 2.02. The molecule has 0 aliphatic heterocycles. The molecule has 0 heterocycles. The molecular formula is C10H23NO. The van der Waals surface area contributed by atoms with Gasteiger partial charge in [0.25, 0.3) is 0 Å². The molecule has 0 rings (SSSR count). The number of methoxy groups -OCH3 is 1. The van der Waals surface area contributed by atoms with E-state index in [2.05, 4.69) is 26.1 Å². The van der Waals surface area contributed by atoms with Gasteiger partial charge in [-0.15, -0.1) is 0 Å². The van der Waals surface area contributed by atoms with Gasteiger partial charge in [0.15, 0.2) is 0 Å². The Labute approximate surface area is 76.7 Å². The van der Waals surface area contributed by atoms with Crippen LogP contribution in [-0.2, 0) is 4.74 Å². The Balaban J connectivity index is 3.33. The summed E-state index contributed by atoms with van der Waals surface area (Å²) in [5, 5.41) is 3.47. The van der Waals surface area contributed by atoms with Crippen LogP contribution in [0.1, 0.15) is 40.0 Å². The molecule has 2 nitrogen and oxygen atoms in total. The van der Waals surface area contributed by atoms with Crippen LogP contribution in [0.3, 0.4) is 0 Å². The maximum absolute atomic E-state index is 5.10. The van der Waals surface area contributed by atoms with Crippen LogP contribution < -0.4 is 5.32 Å². The van der Waals surface area contributed by atoms with Crippen LogP contribution >= 0.6 is 0 Å². The van der Waals surface area contributed by atoms with Gasteiger partial charge in [-0.3, -0.25) is 0 Å². The van der Waals surface area contributed by atoms with E-state index in [1.807, 2.05) is 0 Å². The van der Waals surface area contributed by atoms with E-state index in [0.29, 0.717) is 0 Å². The standard InChI is InChI=1S/C10H23NO/c1-5-6-7-8-11-10(2,3)9-12-4/h11H,5-9H2,1-4H3. The second-order valence-electron chi connectivity index (χ2n) is 3.95. The molecule has 0 aromatic heterocycles. The lowest BCUT2D eigenvalue weighted by Gasteiger charge is -2.25. The van der Waals surface area contributed by atoms with E-state index in [9.17, 15) is 0 Å². The smallest absolute Gasteiger partial charge is 0.0639 e. The maximum atomic E-state index is 5.10. The van der Waals surface area contributed by atoms with Crippen LogP contribution in [0.15, 0.2) is 0 Å². The molecular weight excluding hydrogens is 150 g/mol. The lowest BCUT2D eigenvalue weighted by atomic mass is 10.1. The van der Waals surface area contributed by atoms with Gasteiger partial charge in [0.2, 0.25) is 0 Å². The highest BCUT2D eigenvalue weighted by atomic mass is 16.5. The molecule has 0 aliphatic rings. The average molecular weight is 173 g/mol. The van der Waals surface area contributed by atoms with Crippen molar-refractivity contribution in [1.29, 1.82) is 0 Å². The third kappa shape index (κ3) is 6.62. The minimum absolute atomic E-state index is 0.127. The van der Waals surface area contributed by atoms with Gasteiger partial charge < -0.3 is 10.1 Å². The minimum Gasteiger partial charge on any atom is -0.383 e. The van der Waals surface area contributed by atoms with Crippen molar-refractivity contribution in [3.63, 3.8) is 0 Å². The van der Waals surface area contributed by atoms with Crippen LogP contribution in [0.4, 0.5) is 0 Å². The number of rotatable bonds is 7. The minimum atomic E-state index is 0.127. The number of hydrogen-bond donors (Lipinski definition) is 1. The summed E-state index contributed by atoms with van der Waals surface area (Å²) < 4.78 is 5.10. The van der Waals surface area contributed by atoms with Gasteiger partial charge >= 0.3 is 0 Å². The maximum Gasteiger partial charge on any atom is 0.0639 e. The molecule has 0 radical (unpaired) electrons. The Morgan fingerprint density at radius 2 is 1.92 bits per heavy atom. The van der Waals surface area contributed by atoms with Crippen molar-refractivity contribution in [3.05, 3.63) is 0 Å². The van der Waals surface area contributed by atoms with E-state index >= 15 is 0 Å². The molecule has 1 N–H and O–H groups in total. The van der Waals surface area contributed by atoms with E-state index in [0.717, 1.165) is 13.2 Å². The Morgan fingerprint density at radius 1 is 1.25 bits per heavy atom. The summed E-state index contributed by atoms with van der Waals surface area (Å²) in [7, 11) is 1.75. The van der Waals surface area contributed by atoms with Gasteiger partial charge in [0, 0.05) is 12.6 Å². The van der Waals surface area contributed by atoms with E-state index in [1.54, 1.807) is 7.11 Å². The summed E-state index contributed by atoms with van der Waals surface area (Å²) in [5.41, 5.74) is 0.127. The van der Waals surface area contributed by atoms with Crippen LogP contribution in [0.25, 0.3) is 0 Å². The molecule has 0 aromatic rings. The first-order chi connectivity index (χ1) is 5.62. The molecule has 0 saturated carbocycles. The molecule has 0 atom stereocenters. The first kappa shape index (κ1) is 11.9. The van der Waals surface area contributed by atoms with E-state index in [4.69, 9.17) is 4.74 Å². The van der Waals surface area contributed by atoms with E-state index in [1.165, 1.54) is 19.3 Å². The van der Waals surface area contributed by atoms with Crippen molar-refractivity contribution in [2.24, 2.45) is 0 Å². The average Bonchev–Trinajstić information content (AvgIpc) is 1.98. The lowest BCUT2D eigenvalue weighted by molar-refractivity contribution is 0.128. The zero-order valence-electron chi connectivity index (χ0n) is 8.94. The normalized spacial score (nSPS) is 12.0. The lowest BCUT2D eigenvalue weighted by Crippen LogP contribution is -2.43. The Kier molecular flexibility index (Phi) is 6.39. The summed E-state index contributed by atoms with van der Waals surface area (Å²) in [6.45, 7) is 8.44. The molecule has 12 heavy (non-hydrogen) atoms. The Morgan fingerprint density at radius 3 is 2.42 bits per heavy atom. The highest BCUT2D eigenvalue weighted by molar-refractivity contribution is 4.76. The Hall–Kier alpha value is -0.0800. The fourth-order valence-corrected chi connectivity index (χ4v) is 1.21. The molecule has 0 unspecified atom stereocenters. The first-order valence-corrected chi connectivity index (χ1v) is 4.86. The molecule has 0 amide bonds. The van der Waals surface area contributed by atoms with Crippen molar-refractivity contribution in [2.45, 2.75) is 45.6 Å². The highest BCUT2D eigenvalue weighted by Gasteiger charge is 2.15. The summed E-state index contributed by atoms with van der Waals surface area (Å²) in [6.07, 6.45) is 3.87. The van der Waals surface area contributed by atoms with Gasteiger partial charge in [-0.2, -0.15) is 0 Å². The van der Waals surface area contributed by atoms with Gasteiger partial charge in [0.1, 0.15) is 0 Å². The molecule has 0 spiro atoms. The third-order valence-corrected chi connectivity index (χ3v) is 1.89. The third-order valence-electron chi connectivity index (χ3n) is 1.89. The molecule has 0 fully saturated rings. The SMILES string of the molecule is CCCCCNC(C)(C)COC. The van der Waals surface area contributed by atoms with E-state index in [-0.39, 0.29) is 5.54 Å². The fraction of sp³-hybridized carbons (Fsp3) is 1.00. The van der Waals surface area contributed by atoms with Crippen LogP contribution in [0.2, 0.25) is 0 Å². The largest absolute Gasteiger partial charge is 0.383 e. The molecule has 74 valence electrons. The number of unbranched alkanes of at least 4 members (excludes halogenated alkanes) is 2. The van der Waals surface area contributed by atoms with Crippen molar-refractivity contribution >= 4 is 0 Å². The molecule has 0 bridgehead atoms. The quantitative estimate of drug-likeness (QED) is 0.596. The molecule has 2 heteroatoms. The van der Waals surface area contributed by atoms with Gasteiger partial charge in [0.05, 0.1) is 6.61 Å². The van der Waals surface area contributed by atoms with Crippen molar-refractivity contribution in [1.82, 2.24) is 5.32 Å². The first-order valence-electron chi connectivity index (χ1n) is 4.86. The number of ether oxygens (including phenoxy) is 1.